The number of aromatic carboxylic acids is 1. The summed E-state index contributed by atoms with van der Waals surface area (Å²) in [5.41, 5.74) is 14.6. The monoisotopic (exact) mass is 339 g/mol. The molecule has 132 valence electrons. The second kappa shape index (κ2) is 6.64. The van der Waals surface area contributed by atoms with Crippen LogP contribution in [0.15, 0.2) is 40.7 Å². The van der Waals surface area contributed by atoms with Gasteiger partial charge in [-0.15, -0.1) is 0 Å². The summed E-state index contributed by atoms with van der Waals surface area (Å²) in [7, 11) is 0. The molecule has 0 radical (unpaired) electrons. The fraction of sp³-hybridized carbons (Fsp3) is 0.400. The molecule has 1 aliphatic rings. The molecule has 0 atom stereocenters. The Labute approximate surface area is 148 Å². The number of benzene rings is 1. The maximum atomic E-state index is 10.9. The minimum atomic E-state index is -0.967. The number of nitrogens with zero attached hydrogens (tertiary/aromatic N) is 1. The van der Waals surface area contributed by atoms with E-state index in [9.17, 15) is 4.79 Å². The van der Waals surface area contributed by atoms with E-state index in [0.29, 0.717) is 5.56 Å². The SMILES string of the molecule is CC1(C)CCC(C)(C)C(N=C(N)C#Cc2ccc(C(=O)O)cc2)=C1N. The van der Waals surface area contributed by atoms with Gasteiger partial charge in [0.1, 0.15) is 0 Å². The molecule has 0 aromatic heterocycles. The highest BCUT2D eigenvalue weighted by atomic mass is 16.4. The minimum Gasteiger partial charge on any atom is -0.478 e. The van der Waals surface area contributed by atoms with Gasteiger partial charge in [-0.3, -0.25) is 0 Å². The number of hydrogen-bond donors (Lipinski definition) is 3. The lowest BCUT2D eigenvalue weighted by molar-refractivity contribution is 0.0697. The van der Waals surface area contributed by atoms with Crippen molar-refractivity contribution in [2.75, 3.05) is 0 Å². The first-order valence-corrected chi connectivity index (χ1v) is 8.23. The molecular formula is C20H25N3O2. The van der Waals surface area contributed by atoms with E-state index in [1.807, 2.05) is 0 Å². The summed E-state index contributed by atoms with van der Waals surface area (Å²) in [5, 5.41) is 8.90. The van der Waals surface area contributed by atoms with Gasteiger partial charge in [-0.05, 0) is 43.0 Å². The van der Waals surface area contributed by atoms with E-state index in [-0.39, 0.29) is 22.2 Å². The van der Waals surface area contributed by atoms with Crippen LogP contribution in [-0.4, -0.2) is 16.9 Å². The van der Waals surface area contributed by atoms with Crippen molar-refractivity contribution in [3.63, 3.8) is 0 Å². The highest BCUT2D eigenvalue weighted by Gasteiger charge is 2.38. The van der Waals surface area contributed by atoms with Gasteiger partial charge < -0.3 is 16.6 Å². The van der Waals surface area contributed by atoms with Crippen molar-refractivity contribution in [2.45, 2.75) is 40.5 Å². The van der Waals surface area contributed by atoms with Crippen molar-refractivity contribution in [3.05, 3.63) is 46.8 Å². The van der Waals surface area contributed by atoms with E-state index in [1.165, 1.54) is 12.1 Å². The highest BCUT2D eigenvalue weighted by molar-refractivity contribution is 5.98. The molecule has 5 N–H and O–H groups in total. The van der Waals surface area contributed by atoms with Gasteiger partial charge in [-0.25, -0.2) is 9.79 Å². The van der Waals surface area contributed by atoms with Crippen LogP contribution in [0.3, 0.4) is 0 Å². The minimum absolute atomic E-state index is 0.102. The molecule has 0 unspecified atom stereocenters. The van der Waals surface area contributed by atoms with Gasteiger partial charge in [0.15, 0.2) is 5.84 Å². The Hall–Kier alpha value is -2.74. The predicted octanol–water partition coefficient (Wildman–Crippen LogP) is 3.11. The lowest BCUT2D eigenvalue weighted by Gasteiger charge is -2.40. The molecular weight excluding hydrogens is 314 g/mol. The number of hydrogen-bond acceptors (Lipinski definition) is 3. The first-order chi connectivity index (χ1) is 11.5. The molecule has 0 saturated heterocycles. The van der Waals surface area contributed by atoms with E-state index < -0.39 is 5.97 Å². The average molecular weight is 339 g/mol. The van der Waals surface area contributed by atoms with E-state index in [1.54, 1.807) is 12.1 Å². The normalized spacial score (nSPS) is 19.1. The Bertz CT molecular complexity index is 804. The molecule has 2 rings (SSSR count). The standard InChI is InChI=1S/C20H25N3O2/c1-19(2)11-12-20(3,4)17(16(19)22)23-15(21)10-7-13-5-8-14(9-6-13)18(24)25/h5-6,8-9H,11-12,22H2,1-4H3,(H2,21,23)(H,24,25). The fourth-order valence-electron chi connectivity index (χ4n) is 2.76. The lowest BCUT2D eigenvalue weighted by atomic mass is 9.68. The maximum absolute atomic E-state index is 10.9. The molecule has 0 saturated carbocycles. The van der Waals surface area contributed by atoms with E-state index >= 15 is 0 Å². The highest BCUT2D eigenvalue weighted by Crippen LogP contribution is 2.47. The largest absolute Gasteiger partial charge is 0.478 e. The molecule has 1 aromatic carbocycles. The number of aliphatic imine (C=N–C) groups is 1. The molecule has 1 aromatic rings. The summed E-state index contributed by atoms with van der Waals surface area (Å²) in [6.45, 7) is 8.44. The molecule has 25 heavy (non-hydrogen) atoms. The van der Waals surface area contributed by atoms with Crippen LogP contribution in [0.4, 0.5) is 0 Å². The first kappa shape index (κ1) is 18.6. The third-order valence-corrected chi connectivity index (χ3v) is 4.70. The van der Waals surface area contributed by atoms with Crippen molar-refractivity contribution < 1.29 is 9.90 Å². The van der Waals surface area contributed by atoms with Crippen LogP contribution in [-0.2, 0) is 0 Å². The molecule has 1 aliphatic carbocycles. The van der Waals surface area contributed by atoms with Crippen LogP contribution in [0.1, 0.15) is 56.5 Å². The molecule has 0 spiro atoms. The Morgan fingerprint density at radius 1 is 1.12 bits per heavy atom. The zero-order valence-electron chi connectivity index (χ0n) is 15.2. The van der Waals surface area contributed by atoms with Gasteiger partial charge in [-0.2, -0.15) is 0 Å². The van der Waals surface area contributed by atoms with Gasteiger partial charge in [0, 0.05) is 22.1 Å². The predicted molar refractivity (Wildman–Crippen MR) is 99.9 cm³/mol. The van der Waals surface area contributed by atoms with Crippen LogP contribution >= 0.6 is 0 Å². The van der Waals surface area contributed by atoms with Crippen molar-refractivity contribution in [1.29, 1.82) is 0 Å². The average Bonchev–Trinajstić information content (AvgIpc) is 2.54. The second-order valence-corrected chi connectivity index (χ2v) is 7.66. The zero-order chi connectivity index (χ0) is 18.8. The molecule has 0 amide bonds. The van der Waals surface area contributed by atoms with Gasteiger partial charge in [0.05, 0.1) is 11.3 Å². The number of rotatable bonds is 2. The molecule has 0 aliphatic heterocycles. The van der Waals surface area contributed by atoms with Crippen molar-refractivity contribution in [3.8, 4) is 11.8 Å². The quantitative estimate of drug-likeness (QED) is 0.438. The number of carboxylic acids is 1. The number of nitrogens with two attached hydrogens (primary N) is 2. The summed E-state index contributed by atoms with van der Waals surface area (Å²) >= 11 is 0. The van der Waals surface area contributed by atoms with Crippen molar-refractivity contribution in [2.24, 2.45) is 27.3 Å². The molecule has 0 fully saturated rings. The summed E-state index contributed by atoms with van der Waals surface area (Å²) in [4.78, 5) is 15.4. The number of carboxylic acid groups (broad SMARTS) is 1. The van der Waals surface area contributed by atoms with Crippen LogP contribution in [0.5, 0.6) is 0 Å². The van der Waals surface area contributed by atoms with Gasteiger partial charge in [0.2, 0.25) is 0 Å². The topological polar surface area (TPSA) is 102 Å². The van der Waals surface area contributed by atoms with Crippen LogP contribution < -0.4 is 11.5 Å². The Kier molecular flexibility index (Phi) is 4.94. The van der Waals surface area contributed by atoms with E-state index in [4.69, 9.17) is 16.6 Å². The first-order valence-electron chi connectivity index (χ1n) is 8.23. The molecule has 5 heteroatoms. The van der Waals surface area contributed by atoms with Crippen LogP contribution in [0, 0.1) is 22.7 Å². The molecule has 5 nitrogen and oxygen atoms in total. The Morgan fingerprint density at radius 3 is 2.24 bits per heavy atom. The number of allylic oxidation sites excluding steroid dienone is 2. The second-order valence-electron chi connectivity index (χ2n) is 7.66. The number of carbonyl (C=O) groups is 1. The summed E-state index contributed by atoms with van der Waals surface area (Å²) in [6.07, 6.45) is 1.99. The van der Waals surface area contributed by atoms with E-state index in [2.05, 4.69) is 44.5 Å². The van der Waals surface area contributed by atoms with Crippen LogP contribution in [0.2, 0.25) is 0 Å². The third-order valence-electron chi connectivity index (χ3n) is 4.70. The maximum Gasteiger partial charge on any atom is 0.335 e. The van der Waals surface area contributed by atoms with Gasteiger partial charge in [0.25, 0.3) is 0 Å². The summed E-state index contributed by atoms with van der Waals surface area (Å²) in [6, 6.07) is 6.30. The summed E-state index contributed by atoms with van der Waals surface area (Å²) in [5.74, 6) is 4.95. The molecule has 0 bridgehead atoms. The van der Waals surface area contributed by atoms with Gasteiger partial charge >= 0.3 is 5.97 Å². The fourth-order valence-corrected chi connectivity index (χ4v) is 2.76. The van der Waals surface area contributed by atoms with Crippen LogP contribution in [0.25, 0.3) is 0 Å². The number of amidine groups is 1. The Balaban J connectivity index is 2.31. The van der Waals surface area contributed by atoms with Crippen molar-refractivity contribution in [1.82, 2.24) is 0 Å². The molecule has 0 heterocycles. The third kappa shape index (κ3) is 4.21. The van der Waals surface area contributed by atoms with Gasteiger partial charge in [-0.1, -0.05) is 33.6 Å². The van der Waals surface area contributed by atoms with Crippen molar-refractivity contribution >= 4 is 11.8 Å². The smallest absolute Gasteiger partial charge is 0.335 e. The Morgan fingerprint density at radius 2 is 1.68 bits per heavy atom. The zero-order valence-corrected chi connectivity index (χ0v) is 15.2. The lowest BCUT2D eigenvalue weighted by Crippen LogP contribution is -2.34. The summed E-state index contributed by atoms with van der Waals surface area (Å²) < 4.78 is 0. The van der Waals surface area contributed by atoms with E-state index in [0.717, 1.165) is 24.2 Å².